The first-order chi connectivity index (χ1) is 8.63. The van der Waals surface area contributed by atoms with Gasteiger partial charge >= 0.3 is 0 Å². The molecule has 18 heavy (non-hydrogen) atoms. The van der Waals surface area contributed by atoms with Crippen LogP contribution in [0.1, 0.15) is 30.6 Å². The van der Waals surface area contributed by atoms with Gasteiger partial charge in [-0.1, -0.05) is 17.7 Å². The van der Waals surface area contributed by atoms with Crippen molar-refractivity contribution in [3.8, 4) is 5.75 Å². The van der Waals surface area contributed by atoms with Crippen LogP contribution in [0.15, 0.2) is 29.8 Å². The third-order valence-corrected chi connectivity index (χ3v) is 3.35. The molecule has 1 aliphatic rings. The van der Waals surface area contributed by atoms with E-state index in [0.717, 1.165) is 25.2 Å². The number of carbonyl (C=O) groups is 1. The maximum Gasteiger partial charge on any atom is 0.165 e. The van der Waals surface area contributed by atoms with E-state index >= 15 is 0 Å². The first-order valence-electron chi connectivity index (χ1n) is 6.22. The zero-order valence-electron chi connectivity index (χ0n) is 11.2. The molecule has 0 fully saturated rings. The van der Waals surface area contributed by atoms with E-state index in [2.05, 4.69) is 17.9 Å². The summed E-state index contributed by atoms with van der Waals surface area (Å²) >= 11 is 0. The van der Waals surface area contributed by atoms with E-state index in [4.69, 9.17) is 4.74 Å². The number of ketones is 1. The van der Waals surface area contributed by atoms with Gasteiger partial charge in [-0.05, 0) is 32.4 Å². The number of anilines is 1. The number of methoxy groups -OCH3 is 1. The normalized spacial score (nSPS) is 15.3. The van der Waals surface area contributed by atoms with Crippen molar-refractivity contribution in [1.29, 1.82) is 0 Å². The van der Waals surface area contributed by atoms with E-state index in [9.17, 15) is 4.79 Å². The van der Waals surface area contributed by atoms with E-state index in [1.165, 1.54) is 5.57 Å². The lowest BCUT2D eigenvalue weighted by atomic mass is 10.0. The highest BCUT2D eigenvalue weighted by molar-refractivity contribution is 6.02. The first kappa shape index (κ1) is 12.7. The molecule has 3 heteroatoms. The fourth-order valence-corrected chi connectivity index (χ4v) is 2.30. The minimum atomic E-state index is 0.0497. The lowest BCUT2D eigenvalue weighted by Crippen LogP contribution is -2.29. The largest absolute Gasteiger partial charge is 0.496 e. The van der Waals surface area contributed by atoms with Gasteiger partial charge in [-0.25, -0.2) is 0 Å². The Morgan fingerprint density at radius 1 is 1.39 bits per heavy atom. The Morgan fingerprint density at radius 3 is 2.72 bits per heavy atom. The number of ether oxygens (including phenoxy) is 1. The van der Waals surface area contributed by atoms with Gasteiger partial charge in [0, 0.05) is 13.1 Å². The third-order valence-electron chi connectivity index (χ3n) is 3.35. The van der Waals surface area contributed by atoms with Crippen LogP contribution in [0.4, 0.5) is 5.69 Å². The van der Waals surface area contributed by atoms with Gasteiger partial charge in [0.05, 0.1) is 18.4 Å². The van der Waals surface area contributed by atoms with Crippen LogP contribution in [0.25, 0.3) is 0 Å². The molecule has 0 aliphatic carbocycles. The molecule has 3 nitrogen and oxygen atoms in total. The molecule has 0 spiro atoms. The molecule has 0 amide bonds. The predicted octanol–water partition coefficient (Wildman–Crippen LogP) is 3.05. The van der Waals surface area contributed by atoms with E-state index in [-0.39, 0.29) is 5.78 Å². The highest BCUT2D eigenvalue weighted by Gasteiger charge is 2.19. The summed E-state index contributed by atoms with van der Waals surface area (Å²) in [7, 11) is 1.60. The number of rotatable bonds is 3. The van der Waals surface area contributed by atoms with Gasteiger partial charge in [-0.3, -0.25) is 4.79 Å². The second-order valence-corrected chi connectivity index (χ2v) is 4.66. The molecule has 0 N–H and O–H groups in total. The molecule has 1 aromatic carbocycles. The molecule has 0 saturated carbocycles. The second-order valence-electron chi connectivity index (χ2n) is 4.66. The van der Waals surface area contributed by atoms with Gasteiger partial charge < -0.3 is 9.64 Å². The Balaban J connectivity index is 2.41. The summed E-state index contributed by atoms with van der Waals surface area (Å²) in [5.74, 6) is 0.708. The predicted molar refractivity (Wildman–Crippen MR) is 73.6 cm³/mol. The summed E-state index contributed by atoms with van der Waals surface area (Å²) in [5.41, 5.74) is 3.08. The van der Waals surface area contributed by atoms with Gasteiger partial charge in [0.1, 0.15) is 5.75 Å². The van der Waals surface area contributed by atoms with Crippen molar-refractivity contribution < 1.29 is 9.53 Å². The minimum Gasteiger partial charge on any atom is -0.496 e. The molecule has 96 valence electrons. The van der Waals surface area contributed by atoms with Crippen molar-refractivity contribution in [3.63, 3.8) is 0 Å². The maximum atomic E-state index is 11.8. The topological polar surface area (TPSA) is 29.5 Å². The smallest absolute Gasteiger partial charge is 0.165 e. The van der Waals surface area contributed by atoms with Gasteiger partial charge in [-0.15, -0.1) is 0 Å². The Bertz CT molecular complexity index is 491. The van der Waals surface area contributed by atoms with Gasteiger partial charge in [0.2, 0.25) is 0 Å². The van der Waals surface area contributed by atoms with Crippen molar-refractivity contribution in [2.75, 3.05) is 25.1 Å². The molecule has 0 unspecified atom stereocenters. The highest BCUT2D eigenvalue weighted by atomic mass is 16.5. The first-order valence-corrected chi connectivity index (χ1v) is 6.22. The van der Waals surface area contributed by atoms with Crippen LogP contribution in [0, 0.1) is 0 Å². The van der Waals surface area contributed by atoms with Crippen LogP contribution in [0.5, 0.6) is 5.75 Å². The standard InChI is InChI=1S/C15H19NO2/c1-11-7-9-16(10-8-11)13-5-4-6-14(18-3)15(13)12(2)17/h4-7H,8-10H2,1-3H3. The average molecular weight is 245 g/mol. The van der Waals surface area contributed by atoms with Crippen molar-refractivity contribution in [1.82, 2.24) is 0 Å². The lowest BCUT2D eigenvalue weighted by Gasteiger charge is -2.29. The molecule has 0 atom stereocenters. The van der Waals surface area contributed by atoms with Crippen LogP contribution in [-0.2, 0) is 0 Å². The fraction of sp³-hybridized carbons (Fsp3) is 0.400. The monoisotopic (exact) mass is 245 g/mol. The van der Waals surface area contributed by atoms with Gasteiger partial charge in [-0.2, -0.15) is 0 Å². The Hall–Kier alpha value is -1.77. The number of carbonyl (C=O) groups excluding carboxylic acids is 1. The summed E-state index contributed by atoms with van der Waals surface area (Å²) in [5, 5.41) is 0. The molecule has 0 radical (unpaired) electrons. The molecule has 1 heterocycles. The molecular formula is C15H19NO2. The minimum absolute atomic E-state index is 0.0497. The lowest BCUT2D eigenvalue weighted by molar-refractivity contribution is 0.101. The quantitative estimate of drug-likeness (QED) is 0.605. The molecular weight excluding hydrogens is 226 g/mol. The van der Waals surface area contributed by atoms with Crippen LogP contribution in [-0.4, -0.2) is 26.0 Å². The van der Waals surface area contributed by atoms with Crippen LogP contribution in [0.3, 0.4) is 0 Å². The van der Waals surface area contributed by atoms with Crippen molar-refractivity contribution >= 4 is 11.5 Å². The average Bonchev–Trinajstić information content (AvgIpc) is 2.38. The van der Waals surface area contributed by atoms with E-state index < -0.39 is 0 Å². The zero-order valence-corrected chi connectivity index (χ0v) is 11.2. The third kappa shape index (κ3) is 2.40. The van der Waals surface area contributed by atoms with Crippen molar-refractivity contribution in [2.24, 2.45) is 0 Å². The number of Topliss-reactive ketones (excluding diaryl/α,β-unsaturated/α-hetero) is 1. The fourth-order valence-electron chi connectivity index (χ4n) is 2.30. The van der Waals surface area contributed by atoms with Gasteiger partial charge in [0.15, 0.2) is 5.78 Å². The Labute approximate surface area is 108 Å². The number of hydrogen-bond acceptors (Lipinski definition) is 3. The summed E-state index contributed by atoms with van der Waals surface area (Å²) in [4.78, 5) is 14.1. The maximum absolute atomic E-state index is 11.8. The van der Waals surface area contributed by atoms with Crippen molar-refractivity contribution in [2.45, 2.75) is 20.3 Å². The molecule has 0 aromatic heterocycles. The molecule has 1 aromatic rings. The molecule has 2 rings (SSSR count). The van der Waals surface area contributed by atoms with E-state index in [1.807, 2.05) is 18.2 Å². The molecule has 1 aliphatic heterocycles. The SMILES string of the molecule is COc1cccc(N2CC=C(C)CC2)c1C(C)=O. The summed E-state index contributed by atoms with van der Waals surface area (Å²) in [6.45, 7) is 5.55. The number of benzene rings is 1. The van der Waals surface area contributed by atoms with Crippen LogP contribution < -0.4 is 9.64 Å². The second kappa shape index (κ2) is 5.25. The molecule has 0 saturated heterocycles. The van der Waals surface area contributed by atoms with E-state index in [0.29, 0.717) is 11.3 Å². The Kier molecular flexibility index (Phi) is 3.70. The number of nitrogens with zero attached hydrogens (tertiary/aromatic N) is 1. The Morgan fingerprint density at radius 2 is 2.17 bits per heavy atom. The highest BCUT2D eigenvalue weighted by Crippen LogP contribution is 2.31. The van der Waals surface area contributed by atoms with Crippen molar-refractivity contribution in [3.05, 3.63) is 35.4 Å². The van der Waals surface area contributed by atoms with Crippen LogP contribution >= 0.6 is 0 Å². The molecule has 0 bridgehead atoms. The summed E-state index contributed by atoms with van der Waals surface area (Å²) in [6.07, 6.45) is 3.27. The number of hydrogen-bond donors (Lipinski definition) is 0. The van der Waals surface area contributed by atoms with Gasteiger partial charge in [0.25, 0.3) is 0 Å². The summed E-state index contributed by atoms with van der Waals surface area (Å²) < 4.78 is 5.30. The van der Waals surface area contributed by atoms with E-state index in [1.54, 1.807) is 14.0 Å². The van der Waals surface area contributed by atoms with Crippen LogP contribution in [0.2, 0.25) is 0 Å². The summed E-state index contributed by atoms with van der Waals surface area (Å²) in [6, 6.07) is 5.77. The zero-order chi connectivity index (χ0) is 13.1.